The van der Waals surface area contributed by atoms with Crippen molar-refractivity contribution < 1.29 is 18.0 Å². The third kappa shape index (κ3) is 3.48. The van der Waals surface area contributed by atoms with E-state index < -0.39 is 18.6 Å². The number of aromatic amines is 1. The molecule has 0 saturated carbocycles. The Labute approximate surface area is 149 Å². The third-order valence-electron chi connectivity index (χ3n) is 3.53. The fraction of sp³-hybridized carbons (Fsp3) is 0.200. The number of aryl methyl sites for hydroxylation is 1. The first-order chi connectivity index (χ1) is 12.2. The van der Waals surface area contributed by atoms with E-state index in [1.807, 2.05) is 6.07 Å². The molecule has 1 amide bonds. The SMILES string of the molecule is Cc1cc2c(NC(=O)c3nn(CC(F)(F)F)cc3Cl)n[nH]c2cc1C#N. The minimum atomic E-state index is -4.49. The molecule has 0 fully saturated rings. The molecule has 2 aromatic heterocycles. The van der Waals surface area contributed by atoms with Gasteiger partial charge in [-0.3, -0.25) is 14.6 Å². The number of fused-ring (bicyclic) bond motifs is 1. The molecule has 0 atom stereocenters. The number of rotatable bonds is 3. The van der Waals surface area contributed by atoms with Crippen LogP contribution in [0.25, 0.3) is 10.9 Å². The van der Waals surface area contributed by atoms with Gasteiger partial charge in [0.2, 0.25) is 0 Å². The highest BCUT2D eigenvalue weighted by Gasteiger charge is 2.29. The van der Waals surface area contributed by atoms with Crippen molar-refractivity contribution >= 4 is 34.2 Å². The number of benzene rings is 1. The van der Waals surface area contributed by atoms with Crippen LogP contribution in [-0.2, 0) is 6.54 Å². The summed E-state index contributed by atoms with van der Waals surface area (Å²) in [7, 11) is 0. The molecular weight excluding hydrogens is 373 g/mol. The van der Waals surface area contributed by atoms with Crippen molar-refractivity contribution in [2.45, 2.75) is 19.6 Å². The Bertz CT molecular complexity index is 1050. The summed E-state index contributed by atoms with van der Waals surface area (Å²) in [6, 6.07) is 5.28. The predicted molar refractivity (Wildman–Crippen MR) is 86.8 cm³/mol. The van der Waals surface area contributed by atoms with E-state index >= 15 is 0 Å². The standard InChI is InChI=1S/C15H10ClF3N6O/c1-7-2-9-11(3-8(7)4-20)22-23-13(9)21-14(26)12-10(16)5-25(24-12)6-15(17,18)19/h2-3,5H,6H2,1H3,(H2,21,22,23,26). The Hall–Kier alpha value is -3.06. The Morgan fingerprint density at radius 2 is 2.19 bits per heavy atom. The molecule has 0 bridgehead atoms. The lowest BCUT2D eigenvalue weighted by atomic mass is 10.1. The molecule has 2 N–H and O–H groups in total. The van der Waals surface area contributed by atoms with Crippen molar-refractivity contribution in [3.63, 3.8) is 0 Å². The average Bonchev–Trinajstić information content (AvgIpc) is 3.08. The summed E-state index contributed by atoms with van der Waals surface area (Å²) >= 11 is 5.82. The molecule has 7 nitrogen and oxygen atoms in total. The number of amides is 1. The Balaban J connectivity index is 1.88. The van der Waals surface area contributed by atoms with Gasteiger partial charge in [0.15, 0.2) is 11.5 Å². The number of alkyl halides is 3. The second kappa shape index (κ2) is 6.34. The predicted octanol–water partition coefficient (Wildman–Crippen LogP) is 3.41. The minimum absolute atomic E-state index is 0.152. The minimum Gasteiger partial charge on any atom is -0.303 e. The monoisotopic (exact) mass is 382 g/mol. The van der Waals surface area contributed by atoms with Gasteiger partial charge < -0.3 is 5.32 Å². The highest BCUT2D eigenvalue weighted by molar-refractivity contribution is 6.34. The maximum atomic E-state index is 12.4. The van der Waals surface area contributed by atoms with Gasteiger partial charge in [-0.15, -0.1) is 0 Å². The lowest BCUT2D eigenvalue weighted by molar-refractivity contribution is -0.142. The molecule has 134 valence electrons. The Morgan fingerprint density at radius 3 is 2.85 bits per heavy atom. The topological polar surface area (TPSA) is 99.4 Å². The number of halogens is 4. The molecule has 0 spiro atoms. The molecule has 3 rings (SSSR count). The van der Waals surface area contributed by atoms with Crippen molar-refractivity contribution in [2.24, 2.45) is 0 Å². The number of aromatic nitrogens is 4. The number of H-pyrrole nitrogens is 1. The molecule has 26 heavy (non-hydrogen) atoms. The number of carbonyl (C=O) groups excluding carboxylic acids is 1. The van der Waals surface area contributed by atoms with Gasteiger partial charge in [0.1, 0.15) is 6.54 Å². The van der Waals surface area contributed by atoms with Gasteiger partial charge in [-0.2, -0.15) is 28.6 Å². The van der Waals surface area contributed by atoms with E-state index in [2.05, 4.69) is 20.6 Å². The van der Waals surface area contributed by atoms with E-state index in [9.17, 15) is 18.0 Å². The van der Waals surface area contributed by atoms with Crippen molar-refractivity contribution in [3.8, 4) is 6.07 Å². The third-order valence-corrected chi connectivity index (χ3v) is 3.81. The smallest absolute Gasteiger partial charge is 0.303 e. The van der Waals surface area contributed by atoms with Gasteiger partial charge in [0.25, 0.3) is 5.91 Å². The summed E-state index contributed by atoms with van der Waals surface area (Å²) < 4.78 is 37.8. The fourth-order valence-electron chi connectivity index (χ4n) is 2.37. The summed E-state index contributed by atoms with van der Waals surface area (Å²) in [5.41, 5.74) is 1.31. The van der Waals surface area contributed by atoms with E-state index in [-0.39, 0.29) is 16.5 Å². The van der Waals surface area contributed by atoms with Crippen LogP contribution < -0.4 is 5.32 Å². The first-order valence-electron chi connectivity index (χ1n) is 7.18. The average molecular weight is 383 g/mol. The van der Waals surface area contributed by atoms with Crippen molar-refractivity contribution in [1.82, 2.24) is 20.0 Å². The molecule has 0 radical (unpaired) electrons. The van der Waals surface area contributed by atoms with Crippen molar-refractivity contribution in [2.75, 3.05) is 5.32 Å². The zero-order valence-electron chi connectivity index (χ0n) is 13.1. The lowest BCUT2D eigenvalue weighted by Crippen LogP contribution is -2.19. The van der Waals surface area contributed by atoms with Crippen LogP contribution in [0.5, 0.6) is 0 Å². The maximum Gasteiger partial charge on any atom is 0.408 e. The van der Waals surface area contributed by atoms with Crippen LogP contribution in [0.3, 0.4) is 0 Å². The molecular formula is C15H10ClF3N6O. The molecule has 0 unspecified atom stereocenters. The summed E-state index contributed by atoms with van der Waals surface area (Å²) in [5.74, 6) is -0.648. The van der Waals surface area contributed by atoms with Gasteiger partial charge in [-0.25, -0.2) is 0 Å². The molecule has 0 aliphatic carbocycles. The van der Waals surface area contributed by atoms with Gasteiger partial charge in [0, 0.05) is 11.6 Å². The molecule has 0 aliphatic rings. The number of hydrogen-bond acceptors (Lipinski definition) is 4. The second-order valence-electron chi connectivity index (χ2n) is 5.49. The number of nitriles is 1. The first-order valence-corrected chi connectivity index (χ1v) is 7.55. The summed E-state index contributed by atoms with van der Waals surface area (Å²) in [4.78, 5) is 12.3. The number of nitrogens with one attached hydrogen (secondary N) is 2. The van der Waals surface area contributed by atoms with E-state index in [1.54, 1.807) is 19.1 Å². The van der Waals surface area contributed by atoms with Gasteiger partial charge in [-0.1, -0.05) is 11.6 Å². The molecule has 0 saturated heterocycles. The lowest BCUT2D eigenvalue weighted by Gasteiger charge is -2.05. The van der Waals surface area contributed by atoms with Crippen LogP contribution in [0.15, 0.2) is 18.3 Å². The Kier molecular flexibility index (Phi) is 4.33. The number of hydrogen-bond donors (Lipinski definition) is 2. The normalized spacial score (nSPS) is 11.5. The van der Waals surface area contributed by atoms with Crippen molar-refractivity contribution in [3.05, 3.63) is 40.2 Å². The molecule has 2 heterocycles. The highest BCUT2D eigenvalue weighted by Crippen LogP contribution is 2.25. The summed E-state index contributed by atoms with van der Waals surface area (Å²) in [6.45, 7) is 0.369. The second-order valence-corrected chi connectivity index (χ2v) is 5.90. The van der Waals surface area contributed by atoms with E-state index in [4.69, 9.17) is 16.9 Å². The zero-order valence-corrected chi connectivity index (χ0v) is 13.9. The van der Waals surface area contributed by atoms with Gasteiger partial charge in [-0.05, 0) is 24.6 Å². The molecule has 11 heteroatoms. The Morgan fingerprint density at radius 1 is 1.46 bits per heavy atom. The van der Waals surface area contributed by atoms with E-state index in [1.165, 1.54) is 0 Å². The van der Waals surface area contributed by atoms with Crippen molar-refractivity contribution in [1.29, 1.82) is 5.26 Å². The highest BCUT2D eigenvalue weighted by atomic mass is 35.5. The summed E-state index contributed by atoms with van der Waals surface area (Å²) in [5, 5.41) is 22.0. The maximum absolute atomic E-state index is 12.4. The molecule has 0 aliphatic heterocycles. The van der Waals surface area contributed by atoms with Gasteiger partial charge in [0.05, 0.1) is 22.2 Å². The fourth-order valence-corrected chi connectivity index (χ4v) is 2.61. The number of nitrogens with zero attached hydrogens (tertiary/aromatic N) is 4. The van der Waals surface area contributed by atoms with E-state index in [0.717, 1.165) is 6.20 Å². The van der Waals surface area contributed by atoms with Crippen LogP contribution >= 0.6 is 11.6 Å². The number of anilines is 1. The van der Waals surface area contributed by atoms with E-state index in [0.29, 0.717) is 26.7 Å². The largest absolute Gasteiger partial charge is 0.408 e. The van der Waals surface area contributed by atoms with Crippen LogP contribution in [0.4, 0.5) is 19.0 Å². The van der Waals surface area contributed by atoms with Crippen LogP contribution in [-0.4, -0.2) is 32.1 Å². The van der Waals surface area contributed by atoms with Crippen LogP contribution in [0.2, 0.25) is 5.02 Å². The zero-order chi connectivity index (χ0) is 19.1. The van der Waals surface area contributed by atoms with Crippen LogP contribution in [0, 0.1) is 18.3 Å². The molecule has 3 aromatic rings. The quantitative estimate of drug-likeness (QED) is 0.725. The molecule has 1 aromatic carbocycles. The summed E-state index contributed by atoms with van der Waals surface area (Å²) in [6.07, 6.45) is -3.56. The van der Waals surface area contributed by atoms with Gasteiger partial charge >= 0.3 is 6.18 Å². The first kappa shape index (κ1) is 17.8. The van der Waals surface area contributed by atoms with Crippen LogP contribution in [0.1, 0.15) is 21.6 Å². The number of carbonyl (C=O) groups is 1.